The van der Waals surface area contributed by atoms with E-state index in [1.807, 2.05) is 12.1 Å². The lowest BCUT2D eigenvalue weighted by atomic mass is 9.88. The molecule has 1 aliphatic carbocycles. The minimum Gasteiger partial charge on any atom is -0.396 e. The van der Waals surface area contributed by atoms with Gasteiger partial charge in [-0.3, -0.25) is 4.79 Å². The van der Waals surface area contributed by atoms with E-state index in [0.717, 1.165) is 79.8 Å². The Morgan fingerprint density at radius 2 is 2.12 bits per heavy atom. The number of aromatic nitrogens is 2. The van der Waals surface area contributed by atoms with Crippen LogP contribution in [0.2, 0.25) is 5.28 Å². The van der Waals surface area contributed by atoms with Crippen LogP contribution < -0.4 is 5.32 Å². The van der Waals surface area contributed by atoms with E-state index in [-0.39, 0.29) is 23.9 Å². The van der Waals surface area contributed by atoms with Crippen LogP contribution in [-0.2, 0) is 28.8 Å². The van der Waals surface area contributed by atoms with E-state index in [1.165, 1.54) is 0 Å². The number of halogens is 1. The largest absolute Gasteiger partial charge is 0.396 e. The number of rotatable bonds is 9. The summed E-state index contributed by atoms with van der Waals surface area (Å²) in [4.78, 5) is 21.9. The molecular weight excluding hydrogens is 450 g/mol. The first-order valence-corrected chi connectivity index (χ1v) is 13.0. The Labute approximate surface area is 207 Å². The maximum atomic E-state index is 12.9. The van der Waals surface area contributed by atoms with Crippen molar-refractivity contribution in [1.29, 1.82) is 0 Å². The van der Waals surface area contributed by atoms with Crippen molar-refractivity contribution in [2.75, 3.05) is 25.1 Å². The zero-order chi connectivity index (χ0) is 23.9. The fourth-order valence-corrected chi connectivity index (χ4v) is 5.40. The summed E-state index contributed by atoms with van der Waals surface area (Å²) in [6.45, 7) is 3.77. The van der Waals surface area contributed by atoms with E-state index in [9.17, 15) is 9.90 Å². The molecule has 184 valence electrons. The van der Waals surface area contributed by atoms with Crippen LogP contribution in [0.25, 0.3) is 0 Å². The van der Waals surface area contributed by atoms with Gasteiger partial charge in [0.25, 0.3) is 0 Å². The summed E-state index contributed by atoms with van der Waals surface area (Å²) >= 11 is 6.27. The number of hydrogen-bond acceptors (Lipinski definition) is 6. The molecule has 2 aliphatic rings. The van der Waals surface area contributed by atoms with Crippen LogP contribution in [0.15, 0.2) is 24.3 Å². The van der Waals surface area contributed by atoms with Gasteiger partial charge in [-0.25, -0.2) is 9.97 Å². The van der Waals surface area contributed by atoms with Crippen molar-refractivity contribution in [1.82, 2.24) is 9.97 Å². The highest BCUT2D eigenvalue weighted by Gasteiger charge is 2.29. The molecule has 2 heterocycles. The zero-order valence-electron chi connectivity index (χ0n) is 20.1. The van der Waals surface area contributed by atoms with E-state index in [0.29, 0.717) is 31.1 Å². The smallest absolute Gasteiger partial charge is 0.224 e. The van der Waals surface area contributed by atoms with E-state index >= 15 is 0 Å². The molecule has 7 heteroatoms. The van der Waals surface area contributed by atoms with Gasteiger partial charge in [0.1, 0.15) is 11.6 Å². The van der Waals surface area contributed by atoms with Gasteiger partial charge < -0.3 is 15.2 Å². The maximum absolute atomic E-state index is 12.9. The van der Waals surface area contributed by atoms with E-state index < -0.39 is 0 Å². The Morgan fingerprint density at radius 3 is 2.97 bits per heavy atom. The Hall–Kier alpha value is -2.02. The minimum absolute atomic E-state index is 0.0378. The number of carbonyl (C=O) groups excluding carboxylic acids is 1. The van der Waals surface area contributed by atoms with Crippen LogP contribution in [0.5, 0.6) is 0 Å². The number of aliphatic hydroxyl groups is 1. The van der Waals surface area contributed by atoms with Gasteiger partial charge in [0.05, 0.1) is 5.69 Å². The van der Waals surface area contributed by atoms with Crippen molar-refractivity contribution in [3.05, 3.63) is 51.9 Å². The summed E-state index contributed by atoms with van der Waals surface area (Å²) in [6, 6.07) is 8.28. The van der Waals surface area contributed by atoms with E-state index in [1.54, 1.807) is 0 Å². The van der Waals surface area contributed by atoms with Gasteiger partial charge in [-0.2, -0.15) is 0 Å². The van der Waals surface area contributed by atoms with E-state index in [2.05, 4.69) is 34.3 Å². The van der Waals surface area contributed by atoms with Crippen molar-refractivity contribution < 1.29 is 14.6 Å². The number of carbonyl (C=O) groups is 1. The molecule has 0 amide bonds. The molecule has 1 saturated heterocycles. The third kappa shape index (κ3) is 6.55. The second-order valence-electron chi connectivity index (χ2n) is 9.72. The van der Waals surface area contributed by atoms with Crippen molar-refractivity contribution in [2.45, 2.75) is 70.8 Å². The molecule has 3 unspecified atom stereocenters. The van der Waals surface area contributed by atoms with Gasteiger partial charge in [0.15, 0.2) is 0 Å². The fraction of sp³-hybridized carbons (Fsp3) is 0.593. The number of aliphatic hydroxyl groups excluding tert-OH is 1. The van der Waals surface area contributed by atoms with Gasteiger partial charge >= 0.3 is 0 Å². The van der Waals surface area contributed by atoms with Crippen molar-refractivity contribution in [3.63, 3.8) is 0 Å². The Kier molecular flexibility index (Phi) is 8.92. The van der Waals surface area contributed by atoms with Crippen molar-refractivity contribution >= 4 is 23.2 Å². The molecule has 1 aliphatic heterocycles. The summed E-state index contributed by atoms with van der Waals surface area (Å²) in [6.07, 6.45) is 7.85. The number of anilines is 1. The number of hydrogen-bond donors (Lipinski definition) is 2. The third-order valence-electron chi connectivity index (χ3n) is 7.20. The molecule has 2 N–H and O–H groups in total. The molecule has 2 aromatic rings. The molecular formula is C27H36ClN3O3. The Balaban J connectivity index is 1.38. The molecule has 6 nitrogen and oxygen atoms in total. The predicted molar refractivity (Wildman–Crippen MR) is 134 cm³/mol. The molecule has 0 saturated carbocycles. The monoisotopic (exact) mass is 485 g/mol. The molecule has 34 heavy (non-hydrogen) atoms. The molecule has 1 aromatic heterocycles. The van der Waals surface area contributed by atoms with Crippen molar-refractivity contribution in [3.8, 4) is 0 Å². The van der Waals surface area contributed by atoms with Crippen LogP contribution in [0.4, 0.5) is 5.82 Å². The van der Waals surface area contributed by atoms with E-state index in [4.69, 9.17) is 16.3 Å². The highest BCUT2D eigenvalue weighted by molar-refractivity contribution is 6.28. The lowest BCUT2D eigenvalue weighted by molar-refractivity contribution is -0.124. The van der Waals surface area contributed by atoms with Gasteiger partial charge in [0, 0.05) is 43.8 Å². The lowest BCUT2D eigenvalue weighted by Gasteiger charge is -2.19. The summed E-state index contributed by atoms with van der Waals surface area (Å²) < 4.78 is 5.58. The molecule has 3 atom stereocenters. The second-order valence-corrected chi connectivity index (χ2v) is 10.1. The van der Waals surface area contributed by atoms with Gasteiger partial charge in [-0.05, 0) is 80.5 Å². The Morgan fingerprint density at radius 1 is 1.24 bits per heavy atom. The molecule has 1 fully saturated rings. The first-order chi connectivity index (χ1) is 16.5. The summed E-state index contributed by atoms with van der Waals surface area (Å²) in [5.74, 6) is 1.72. The number of ether oxygens (including phenoxy) is 1. The van der Waals surface area contributed by atoms with Crippen LogP contribution >= 0.6 is 11.6 Å². The number of Topliss-reactive ketones (excluding diaryl/α,β-unsaturated/α-hetero) is 1. The highest BCUT2D eigenvalue weighted by atomic mass is 35.5. The summed E-state index contributed by atoms with van der Waals surface area (Å²) in [7, 11) is 0. The first-order valence-electron chi connectivity index (χ1n) is 12.7. The number of nitrogens with zero attached hydrogens (tertiary/aromatic N) is 2. The summed E-state index contributed by atoms with van der Waals surface area (Å²) in [5, 5.41) is 13.0. The van der Waals surface area contributed by atoms with Crippen LogP contribution in [0.1, 0.15) is 73.9 Å². The molecule has 0 radical (unpaired) electrons. The number of benzene rings is 1. The standard InChI is InChI=1S/C27H36ClN3O3/c1-18(22-7-4-5-19(15-22)10-12-32)29-26-23-16-20(17-24(23)30-27(28)31-26)8-9-25(33)21-6-2-3-13-34-14-11-21/h4-5,7,15,18,20-21,32H,2-3,6,8-14,16-17H2,1H3,(H,29,30,31). The number of fused-ring (bicyclic) bond motifs is 1. The Bertz CT molecular complexity index is 976. The maximum Gasteiger partial charge on any atom is 0.224 e. The number of ketones is 1. The SMILES string of the molecule is CC(Nc1nc(Cl)nc2c1CC(CCC(=O)C1CCCCOCC1)C2)c1cccc(CCO)c1. The molecule has 1 aromatic carbocycles. The van der Waals surface area contributed by atoms with Gasteiger partial charge in [-0.1, -0.05) is 30.7 Å². The normalized spacial score (nSPS) is 21.4. The molecule has 0 bridgehead atoms. The topological polar surface area (TPSA) is 84.3 Å². The van der Waals surface area contributed by atoms with Crippen LogP contribution in [-0.4, -0.2) is 40.7 Å². The summed E-state index contributed by atoms with van der Waals surface area (Å²) in [5.41, 5.74) is 4.37. The van der Waals surface area contributed by atoms with Crippen LogP contribution in [0.3, 0.4) is 0 Å². The van der Waals surface area contributed by atoms with Gasteiger partial charge in [-0.15, -0.1) is 0 Å². The third-order valence-corrected chi connectivity index (χ3v) is 7.37. The predicted octanol–water partition coefficient (Wildman–Crippen LogP) is 5.11. The molecule has 4 rings (SSSR count). The zero-order valence-corrected chi connectivity index (χ0v) is 20.8. The quantitative estimate of drug-likeness (QED) is 0.480. The minimum atomic E-state index is 0.0378. The first kappa shape index (κ1) is 25.1. The van der Waals surface area contributed by atoms with Crippen LogP contribution in [0, 0.1) is 11.8 Å². The lowest BCUT2D eigenvalue weighted by Crippen LogP contribution is -2.20. The number of nitrogens with one attached hydrogen (secondary N) is 1. The average Bonchev–Trinajstić information content (AvgIpc) is 3.21. The van der Waals surface area contributed by atoms with Crippen molar-refractivity contribution in [2.24, 2.45) is 11.8 Å². The fourth-order valence-electron chi connectivity index (χ4n) is 5.22. The average molecular weight is 486 g/mol. The second kappa shape index (κ2) is 12.1. The van der Waals surface area contributed by atoms with Gasteiger partial charge in [0.2, 0.25) is 5.28 Å². The molecule has 0 spiro atoms. The highest BCUT2D eigenvalue weighted by Crippen LogP contribution is 2.35.